The molecule has 2 heterocycles. The number of fused-ring (bicyclic) bond motifs is 3. The van der Waals surface area contributed by atoms with E-state index in [2.05, 4.69) is 41.9 Å². The van der Waals surface area contributed by atoms with Gasteiger partial charge in [0, 0.05) is 4.88 Å². The van der Waals surface area contributed by atoms with Gasteiger partial charge in [0.05, 0.1) is 20.5 Å². The van der Waals surface area contributed by atoms with E-state index in [9.17, 15) is 9.90 Å². The number of phenolic OH excluding ortho intramolecular Hbond substituents is 1. The molecule has 0 bridgehead atoms. The van der Waals surface area contributed by atoms with Crippen molar-refractivity contribution in [1.29, 1.82) is 0 Å². The van der Waals surface area contributed by atoms with E-state index in [0.29, 0.717) is 14.8 Å². The molecule has 0 amide bonds. The van der Waals surface area contributed by atoms with Crippen LogP contribution < -0.4 is 5.56 Å². The lowest BCUT2D eigenvalue weighted by atomic mass is 9.97. The molecule has 0 saturated heterocycles. The number of aromatic hydroxyl groups is 1. The van der Waals surface area contributed by atoms with Gasteiger partial charge in [-0.15, -0.1) is 11.3 Å². The lowest BCUT2D eigenvalue weighted by Crippen LogP contribution is -2.21. The number of aryl methyl sites for hydroxylation is 3. The first-order chi connectivity index (χ1) is 12.5. The van der Waals surface area contributed by atoms with Crippen LogP contribution in [0.2, 0.25) is 0 Å². The molecule has 26 heavy (non-hydrogen) atoms. The summed E-state index contributed by atoms with van der Waals surface area (Å²) >= 11 is 8.24. The van der Waals surface area contributed by atoms with Gasteiger partial charge in [0.25, 0.3) is 5.56 Å². The molecule has 0 radical (unpaired) electrons. The maximum absolute atomic E-state index is 13.0. The summed E-state index contributed by atoms with van der Waals surface area (Å²) in [5.41, 5.74) is 1.80. The highest BCUT2D eigenvalue weighted by Crippen LogP contribution is 2.34. The zero-order chi connectivity index (χ0) is 18.4. The smallest absolute Gasteiger partial charge is 0.283 e. The lowest BCUT2D eigenvalue weighted by molar-refractivity contribution is 0.468. The highest BCUT2D eigenvalue weighted by Gasteiger charge is 2.21. The second-order valence-corrected chi connectivity index (χ2v) is 9.04. The third kappa shape index (κ3) is 3.04. The van der Waals surface area contributed by atoms with Crippen molar-refractivity contribution in [2.24, 2.45) is 5.10 Å². The maximum Gasteiger partial charge on any atom is 0.283 e. The van der Waals surface area contributed by atoms with Gasteiger partial charge >= 0.3 is 0 Å². The van der Waals surface area contributed by atoms with Crippen molar-refractivity contribution in [3.05, 3.63) is 53.3 Å². The summed E-state index contributed by atoms with van der Waals surface area (Å²) in [6.45, 7) is 1.79. The molecule has 0 spiro atoms. The summed E-state index contributed by atoms with van der Waals surface area (Å²) < 4.78 is 2.47. The summed E-state index contributed by atoms with van der Waals surface area (Å²) in [6.07, 6.45) is 5.86. The minimum Gasteiger partial charge on any atom is -0.506 e. The van der Waals surface area contributed by atoms with Crippen molar-refractivity contribution in [2.45, 2.75) is 32.6 Å². The van der Waals surface area contributed by atoms with Crippen LogP contribution in [-0.2, 0) is 12.8 Å². The Morgan fingerprint density at radius 3 is 2.69 bits per heavy atom. The zero-order valence-corrected chi connectivity index (χ0v) is 17.9. The van der Waals surface area contributed by atoms with E-state index in [1.807, 2.05) is 0 Å². The number of aromatic nitrogens is 2. The molecule has 5 nitrogen and oxygen atoms in total. The quantitative estimate of drug-likeness (QED) is 0.520. The number of halogens is 2. The summed E-state index contributed by atoms with van der Waals surface area (Å²) in [4.78, 5) is 19.8. The van der Waals surface area contributed by atoms with Crippen LogP contribution in [-0.4, -0.2) is 21.0 Å². The summed E-state index contributed by atoms with van der Waals surface area (Å²) in [5, 5.41) is 14.9. The van der Waals surface area contributed by atoms with Crippen LogP contribution in [0.1, 0.15) is 34.7 Å². The van der Waals surface area contributed by atoms with Gasteiger partial charge in [-0.2, -0.15) is 9.78 Å². The highest BCUT2D eigenvalue weighted by atomic mass is 79.9. The Balaban J connectivity index is 1.83. The van der Waals surface area contributed by atoms with Crippen LogP contribution in [0.3, 0.4) is 0 Å². The molecule has 1 aromatic carbocycles. The van der Waals surface area contributed by atoms with Crippen LogP contribution >= 0.6 is 43.2 Å². The molecular weight excluding hydrogens is 482 g/mol. The zero-order valence-electron chi connectivity index (χ0n) is 13.9. The fraction of sp³-hybridized carbons (Fsp3) is 0.278. The Labute approximate surface area is 170 Å². The average molecular weight is 497 g/mol. The van der Waals surface area contributed by atoms with Gasteiger partial charge in [0.15, 0.2) is 0 Å². The number of hydrogen-bond acceptors (Lipinski definition) is 5. The van der Waals surface area contributed by atoms with Gasteiger partial charge in [0.1, 0.15) is 16.4 Å². The molecule has 2 aromatic heterocycles. The van der Waals surface area contributed by atoms with Crippen LogP contribution in [0, 0.1) is 6.92 Å². The fourth-order valence-electron chi connectivity index (χ4n) is 3.22. The molecule has 134 valence electrons. The molecule has 1 aliphatic carbocycles. The number of phenols is 1. The van der Waals surface area contributed by atoms with Crippen molar-refractivity contribution in [1.82, 2.24) is 9.66 Å². The van der Waals surface area contributed by atoms with Gasteiger partial charge in [0.2, 0.25) is 0 Å². The average Bonchev–Trinajstić information content (AvgIpc) is 2.97. The maximum atomic E-state index is 13.0. The van der Waals surface area contributed by atoms with Crippen LogP contribution in [0.25, 0.3) is 10.2 Å². The van der Waals surface area contributed by atoms with E-state index in [4.69, 9.17) is 0 Å². The van der Waals surface area contributed by atoms with Crippen LogP contribution in [0.5, 0.6) is 5.75 Å². The Bertz CT molecular complexity index is 1090. The number of rotatable bonds is 2. The van der Waals surface area contributed by atoms with Crippen molar-refractivity contribution in [2.75, 3.05) is 0 Å². The van der Waals surface area contributed by atoms with Gasteiger partial charge in [-0.05, 0) is 87.7 Å². The standard InChI is InChI=1S/C18H15Br2N3O2S/c1-9-22-17-15(11-4-2-3-5-14(11)26-17)18(25)23(9)21-8-10-6-12(19)16(24)13(20)7-10/h6-8,24H,2-5H2,1H3/b21-8-. The van der Waals surface area contributed by atoms with Crippen molar-refractivity contribution >= 4 is 59.6 Å². The Morgan fingerprint density at radius 1 is 1.27 bits per heavy atom. The summed E-state index contributed by atoms with van der Waals surface area (Å²) in [5.74, 6) is 0.692. The molecule has 3 aromatic rings. The molecule has 0 unspecified atom stereocenters. The van der Waals surface area contributed by atoms with E-state index in [-0.39, 0.29) is 11.3 Å². The molecule has 1 N–H and O–H groups in total. The van der Waals surface area contributed by atoms with E-state index >= 15 is 0 Å². The minimum absolute atomic E-state index is 0.111. The largest absolute Gasteiger partial charge is 0.506 e. The van der Waals surface area contributed by atoms with Gasteiger partial charge in [-0.3, -0.25) is 4.79 Å². The normalized spacial score (nSPS) is 14.3. The van der Waals surface area contributed by atoms with Crippen molar-refractivity contribution < 1.29 is 5.11 Å². The Kier molecular flexibility index (Phi) is 4.75. The SMILES string of the molecule is Cc1nc2sc3c(c2c(=O)n1/N=C\c1cc(Br)c(O)c(Br)c1)CCCC3. The molecule has 0 saturated carbocycles. The Hall–Kier alpha value is -1.51. The predicted molar refractivity (Wildman–Crippen MR) is 112 cm³/mol. The van der Waals surface area contributed by atoms with E-state index in [1.165, 1.54) is 16.0 Å². The first kappa shape index (κ1) is 17.9. The fourth-order valence-corrected chi connectivity index (χ4v) is 5.74. The molecule has 4 rings (SSSR count). The summed E-state index contributed by atoms with van der Waals surface area (Å²) in [7, 11) is 0. The van der Waals surface area contributed by atoms with Crippen LogP contribution in [0.15, 0.2) is 31.0 Å². The molecule has 0 atom stereocenters. The first-order valence-corrected chi connectivity index (χ1v) is 10.6. The monoisotopic (exact) mass is 495 g/mol. The van der Waals surface area contributed by atoms with E-state index < -0.39 is 0 Å². The molecule has 8 heteroatoms. The summed E-state index contributed by atoms with van der Waals surface area (Å²) in [6, 6.07) is 3.48. The van der Waals surface area contributed by atoms with E-state index in [0.717, 1.165) is 40.6 Å². The number of hydrogen-bond donors (Lipinski definition) is 1. The lowest BCUT2D eigenvalue weighted by Gasteiger charge is -2.10. The molecule has 0 aliphatic heterocycles. The van der Waals surface area contributed by atoms with Gasteiger partial charge in [-0.25, -0.2) is 4.98 Å². The number of benzene rings is 1. The minimum atomic E-state index is -0.111. The van der Waals surface area contributed by atoms with Crippen molar-refractivity contribution in [3.8, 4) is 5.75 Å². The highest BCUT2D eigenvalue weighted by molar-refractivity contribution is 9.11. The third-order valence-electron chi connectivity index (χ3n) is 4.49. The second kappa shape index (κ2) is 6.90. The third-order valence-corrected chi connectivity index (χ3v) is 6.88. The first-order valence-electron chi connectivity index (χ1n) is 8.22. The Morgan fingerprint density at radius 2 is 1.96 bits per heavy atom. The van der Waals surface area contributed by atoms with Gasteiger partial charge in [-0.1, -0.05) is 0 Å². The second-order valence-electron chi connectivity index (χ2n) is 6.24. The van der Waals surface area contributed by atoms with Crippen LogP contribution in [0.4, 0.5) is 0 Å². The van der Waals surface area contributed by atoms with Gasteiger partial charge < -0.3 is 5.11 Å². The molecule has 0 fully saturated rings. The van der Waals surface area contributed by atoms with E-state index in [1.54, 1.807) is 36.6 Å². The van der Waals surface area contributed by atoms with Crippen molar-refractivity contribution in [3.63, 3.8) is 0 Å². The number of thiophene rings is 1. The molecule has 1 aliphatic rings. The molecular formula is C18H15Br2N3O2S. The topological polar surface area (TPSA) is 67.5 Å². The number of nitrogens with zero attached hydrogens (tertiary/aromatic N) is 3. The predicted octanol–water partition coefficient (Wildman–Crippen LogP) is 4.76.